The fourth-order valence-electron chi connectivity index (χ4n) is 1.55. The van der Waals surface area contributed by atoms with Crippen molar-refractivity contribution in [2.75, 3.05) is 0 Å². The molecule has 0 fully saturated rings. The van der Waals surface area contributed by atoms with Crippen molar-refractivity contribution in [2.45, 2.75) is 42.9 Å². The van der Waals surface area contributed by atoms with Gasteiger partial charge in [0.1, 0.15) is 0 Å². The van der Waals surface area contributed by atoms with Gasteiger partial charge in [-0.1, -0.05) is 15.9 Å². The van der Waals surface area contributed by atoms with Gasteiger partial charge >= 0.3 is 0 Å². The Morgan fingerprint density at radius 2 is 2.10 bits per heavy atom. The second kappa shape index (κ2) is 6.24. The first-order chi connectivity index (χ1) is 9.35. The summed E-state index contributed by atoms with van der Waals surface area (Å²) in [7, 11) is 1.84. The molecule has 0 aliphatic heterocycles. The first-order valence-electron chi connectivity index (χ1n) is 6.29. The highest BCUT2D eigenvalue weighted by Crippen LogP contribution is 2.30. The van der Waals surface area contributed by atoms with E-state index in [-0.39, 0.29) is 5.54 Å². The number of aromatic nitrogens is 4. The molecule has 1 aromatic heterocycles. The molecule has 2 rings (SSSR count). The molecule has 0 radical (unpaired) electrons. The van der Waals surface area contributed by atoms with Crippen molar-refractivity contribution >= 4 is 27.7 Å². The zero-order valence-electron chi connectivity index (χ0n) is 12.0. The number of tetrazole rings is 1. The topological polar surface area (TPSA) is 55.6 Å². The summed E-state index contributed by atoms with van der Waals surface area (Å²) in [5.41, 5.74) is 1.30. The highest BCUT2D eigenvalue weighted by Gasteiger charge is 2.13. The lowest BCUT2D eigenvalue weighted by molar-refractivity contribution is 0.422. The number of rotatable bonds is 4. The third kappa shape index (κ3) is 4.29. The van der Waals surface area contributed by atoms with E-state index >= 15 is 0 Å². The maximum atomic E-state index is 4.02. The Balaban J connectivity index is 2.21. The number of halogens is 1. The Morgan fingerprint density at radius 1 is 1.35 bits per heavy atom. The van der Waals surface area contributed by atoms with Crippen LogP contribution in [0.4, 0.5) is 0 Å². The molecule has 1 aromatic carbocycles. The van der Waals surface area contributed by atoms with Crippen LogP contribution in [0.2, 0.25) is 0 Å². The summed E-state index contributed by atoms with van der Waals surface area (Å²) in [5, 5.41) is 15.8. The SMILES string of the molecule is Cn1nnnc1Sc1ccc(Br)cc1CNC(C)(C)C. The van der Waals surface area contributed by atoms with Crippen LogP contribution in [0.5, 0.6) is 0 Å². The van der Waals surface area contributed by atoms with Gasteiger partial charge in [-0.3, -0.25) is 0 Å². The van der Waals surface area contributed by atoms with Gasteiger partial charge in [-0.15, -0.1) is 5.10 Å². The van der Waals surface area contributed by atoms with Crippen LogP contribution in [-0.2, 0) is 13.6 Å². The Kier molecular flexibility index (Phi) is 4.82. The minimum atomic E-state index is 0.0799. The van der Waals surface area contributed by atoms with E-state index < -0.39 is 0 Å². The van der Waals surface area contributed by atoms with Crippen LogP contribution in [0.25, 0.3) is 0 Å². The first-order valence-corrected chi connectivity index (χ1v) is 7.90. The maximum absolute atomic E-state index is 4.02. The van der Waals surface area contributed by atoms with Gasteiger partial charge in [0.2, 0.25) is 5.16 Å². The third-order valence-corrected chi connectivity index (χ3v) is 4.25. The molecule has 0 unspecified atom stereocenters. The number of benzene rings is 1. The molecule has 0 saturated carbocycles. The van der Waals surface area contributed by atoms with E-state index in [4.69, 9.17) is 0 Å². The second-order valence-corrected chi connectivity index (χ2v) is 7.47. The average molecular weight is 356 g/mol. The minimum Gasteiger partial charge on any atom is -0.308 e. The quantitative estimate of drug-likeness (QED) is 0.913. The van der Waals surface area contributed by atoms with E-state index in [2.05, 4.69) is 69.7 Å². The molecule has 0 amide bonds. The van der Waals surface area contributed by atoms with Crippen LogP contribution >= 0.6 is 27.7 Å². The van der Waals surface area contributed by atoms with E-state index in [9.17, 15) is 0 Å². The number of nitrogens with zero attached hydrogens (tertiary/aromatic N) is 4. The monoisotopic (exact) mass is 355 g/mol. The molecule has 0 spiro atoms. The van der Waals surface area contributed by atoms with Gasteiger partial charge in [-0.25, -0.2) is 4.68 Å². The fourth-order valence-corrected chi connectivity index (χ4v) is 2.80. The predicted octanol–water partition coefficient (Wildman–Crippen LogP) is 3.01. The molecule has 1 heterocycles. The van der Waals surface area contributed by atoms with Gasteiger partial charge in [-0.05, 0) is 66.7 Å². The molecule has 5 nitrogen and oxygen atoms in total. The van der Waals surface area contributed by atoms with E-state index in [0.717, 1.165) is 21.1 Å². The van der Waals surface area contributed by atoms with Crippen molar-refractivity contribution in [3.63, 3.8) is 0 Å². The van der Waals surface area contributed by atoms with Crippen LogP contribution in [0, 0.1) is 0 Å². The minimum absolute atomic E-state index is 0.0799. The maximum Gasteiger partial charge on any atom is 0.213 e. The molecule has 0 aliphatic carbocycles. The summed E-state index contributed by atoms with van der Waals surface area (Å²) in [6.07, 6.45) is 0. The molecule has 0 atom stereocenters. The summed E-state index contributed by atoms with van der Waals surface area (Å²) in [4.78, 5) is 1.16. The Labute approximate surface area is 131 Å². The molecule has 2 aromatic rings. The average Bonchev–Trinajstić information content (AvgIpc) is 2.74. The molecule has 0 saturated heterocycles. The largest absolute Gasteiger partial charge is 0.308 e. The van der Waals surface area contributed by atoms with E-state index in [1.165, 1.54) is 5.56 Å². The lowest BCUT2D eigenvalue weighted by Gasteiger charge is -2.21. The second-order valence-electron chi connectivity index (χ2n) is 5.54. The highest BCUT2D eigenvalue weighted by atomic mass is 79.9. The van der Waals surface area contributed by atoms with E-state index in [1.807, 2.05) is 13.1 Å². The molecular formula is C13H18BrN5S. The summed E-state index contributed by atoms with van der Waals surface area (Å²) < 4.78 is 2.75. The van der Waals surface area contributed by atoms with Crippen LogP contribution < -0.4 is 5.32 Å². The van der Waals surface area contributed by atoms with E-state index in [0.29, 0.717) is 0 Å². The summed E-state index contributed by atoms with van der Waals surface area (Å²) in [6, 6.07) is 6.25. The van der Waals surface area contributed by atoms with Crippen molar-refractivity contribution in [3.05, 3.63) is 28.2 Å². The van der Waals surface area contributed by atoms with Crippen LogP contribution in [0.15, 0.2) is 32.7 Å². The van der Waals surface area contributed by atoms with Gasteiger partial charge in [0.15, 0.2) is 0 Å². The number of aryl methyl sites for hydroxylation is 1. The lowest BCUT2D eigenvalue weighted by atomic mass is 10.1. The van der Waals surface area contributed by atoms with Crippen molar-refractivity contribution in [3.8, 4) is 0 Å². The standard InChI is InChI=1S/C13H18BrN5S/c1-13(2,3)15-8-9-7-10(14)5-6-11(9)20-12-16-17-18-19(12)4/h5-7,15H,8H2,1-4H3. The van der Waals surface area contributed by atoms with Crippen molar-refractivity contribution in [1.29, 1.82) is 0 Å². The van der Waals surface area contributed by atoms with Crippen molar-refractivity contribution < 1.29 is 0 Å². The third-order valence-electron chi connectivity index (χ3n) is 2.61. The predicted molar refractivity (Wildman–Crippen MR) is 83.7 cm³/mol. The number of hydrogen-bond donors (Lipinski definition) is 1. The van der Waals surface area contributed by atoms with Gasteiger partial charge < -0.3 is 5.32 Å². The highest BCUT2D eigenvalue weighted by molar-refractivity contribution is 9.10. The summed E-state index contributed by atoms with van der Waals surface area (Å²) in [5.74, 6) is 0. The van der Waals surface area contributed by atoms with Crippen LogP contribution in [-0.4, -0.2) is 25.7 Å². The molecule has 20 heavy (non-hydrogen) atoms. The first kappa shape index (κ1) is 15.5. The zero-order chi connectivity index (χ0) is 14.8. The molecule has 7 heteroatoms. The lowest BCUT2D eigenvalue weighted by Crippen LogP contribution is -2.35. The normalized spacial score (nSPS) is 11.8. The smallest absolute Gasteiger partial charge is 0.213 e. The Hall–Kier alpha value is -0.920. The summed E-state index contributed by atoms with van der Waals surface area (Å²) >= 11 is 5.10. The van der Waals surface area contributed by atoms with Crippen molar-refractivity contribution in [2.24, 2.45) is 7.05 Å². The zero-order valence-corrected chi connectivity index (χ0v) is 14.4. The Bertz CT molecular complexity index is 591. The van der Waals surface area contributed by atoms with Gasteiger partial charge in [0, 0.05) is 28.5 Å². The molecular weight excluding hydrogens is 338 g/mol. The van der Waals surface area contributed by atoms with Crippen molar-refractivity contribution in [1.82, 2.24) is 25.5 Å². The molecule has 108 valence electrons. The number of nitrogens with one attached hydrogen (secondary N) is 1. The van der Waals surface area contributed by atoms with Gasteiger partial charge in [-0.2, -0.15) is 0 Å². The summed E-state index contributed by atoms with van der Waals surface area (Å²) in [6.45, 7) is 7.27. The van der Waals surface area contributed by atoms with Gasteiger partial charge in [0.05, 0.1) is 0 Å². The molecule has 0 bridgehead atoms. The van der Waals surface area contributed by atoms with Crippen LogP contribution in [0.3, 0.4) is 0 Å². The van der Waals surface area contributed by atoms with Crippen LogP contribution in [0.1, 0.15) is 26.3 Å². The van der Waals surface area contributed by atoms with Gasteiger partial charge in [0.25, 0.3) is 0 Å². The molecule has 0 aliphatic rings. The fraction of sp³-hybridized carbons (Fsp3) is 0.462. The number of hydrogen-bond acceptors (Lipinski definition) is 5. The Morgan fingerprint density at radius 3 is 2.70 bits per heavy atom. The van der Waals surface area contributed by atoms with E-state index in [1.54, 1.807) is 16.4 Å². The molecule has 1 N–H and O–H groups in total.